The minimum absolute atomic E-state index is 0.307. The molecule has 0 saturated carbocycles. The molecule has 4 rings (SSSR count). The Morgan fingerprint density at radius 2 is 1.54 bits per heavy atom. The SMILES string of the molecule is CCOC(=O)c1ccc(N=C2N=C(c3ccccc3)N=C2N=C2C=CC(=C([O-])OCC)C=C2)cc1. The molecule has 1 heterocycles. The van der Waals surface area contributed by atoms with Crippen molar-refractivity contribution in [3.05, 3.63) is 102 Å². The number of rotatable bonds is 6. The van der Waals surface area contributed by atoms with Gasteiger partial charge < -0.3 is 14.6 Å². The number of carbonyl (C=O) groups is 1. The Morgan fingerprint density at radius 3 is 2.20 bits per heavy atom. The van der Waals surface area contributed by atoms with Crippen LogP contribution in [0.1, 0.15) is 29.8 Å². The monoisotopic (exact) mass is 467 g/mol. The molecule has 8 nitrogen and oxygen atoms in total. The first-order valence-electron chi connectivity index (χ1n) is 11.2. The van der Waals surface area contributed by atoms with Gasteiger partial charge in [0, 0.05) is 5.56 Å². The summed E-state index contributed by atoms with van der Waals surface area (Å²) in [6.45, 7) is 4.13. The Labute approximate surface area is 203 Å². The first-order chi connectivity index (χ1) is 17.1. The zero-order chi connectivity index (χ0) is 24.6. The van der Waals surface area contributed by atoms with E-state index in [2.05, 4.69) is 20.0 Å². The fourth-order valence-corrected chi connectivity index (χ4v) is 3.21. The lowest BCUT2D eigenvalue weighted by Gasteiger charge is -2.16. The van der Waals surface area contributed by atoms with Crippen LogP contribution in [0.5, 0.6) is 0 Å². The first kappa shape index (κ1) is 23.6. The molecule has 176 valence electrons. The molecular formula is C27H23N4O4-. The molecule has 0 unspecified atom stereocenters. The van der Waals surface area contributed by atoms with Crippen molar-refractivity contribution >= 4 is 34.9 Å². The van der Waals surface area contributed by atoms with Crippen molar-refractivity contribution in [3.8, 4) is 0 Å². The minimum atomic E-state index is -0.388. The van der Waals surface area contributed by atoms with Crippen LogP contribution in [-0.2, 0) is 9.47 Å². The maximum Gasteiger partial charge on any atom is 0.338 e. The number of allylic oxidation sites excluding steroid dienone is 5. The van der Waals surface area contributed by atoms with E-state index in [1.165, 1.54) is 0 Å². The van der Waals surface area contributed by atoms with Crippen molar-refractivity contribution in [1.82, 2.24) is 0 Å². The van der Waals surface area contributed by atoms with Gasteiger partial charge in [-0.1, -0.05) is 49.4 Å². The first-order valence-corrected chi connectivity index (χ1v) is 11.2. The summed E-state index contributed by atoms with van der Waals surface area (Å²) < 4.78 is 10.0. The summed E-state index contributed by atoms with van der Waals surface area (Å²) in [6.07, 6.45) is 6.72. The summed E-state index contributed by atoms with van der Waals surface area (Å²) in [5, 5.41) is 11.9. The summed E-state index contributed by atoms with van der Waals surface area (Å²) >= 11 is 0. The van der Waals surface area contributed by atoms with Crippen LogP contribution in [0.15, 0.2) is 110 Å². The van der Waals surface area contributed by atoms with Gasteiger partial charge >= 0.3 is 5.97 Å². The number of carbonyl (C=O) groups excluding carboxylic acids is 1. The molecule has 1 aliphatic heterocycles. The fourth-order valence-electron chi connectivity index (χ4n) is 3.21. The molecular weight excluding hydrogens is 444 g/mol. The standard InChI is InChI=1S/C27H24N4O4/c1-3-34-26(32)19-10-14-21(15-11-19)28-24-25(31-23(30-24)18-8-6-5-7-9-18)29-22-16-12-20(13-17-22)27(33)35-4-2/h5-17,32H,3-4H2,1-2H3/p-1. The van der Waals surface area contributed by atoms with Crippen LogP contribution in [0.25, 0.3) is 0 Å². The predicted molar refractivity (Wildman–Crippen MR) is 134 cm³/mol. The molecule has 1 aliphatic carbocycles. The highest BCUT2D eigenvalue weighted by atomic mass is 16.6. The molecule has 0 aromatic heterocycles. The second-order valence-corrected chi connectivity index (χ2v) is 7.32. The van der Waals surface area contributed by atoms with E-state index in [-0.39, 0.29) is 11.9 Å². The molecule has 0 bridgehead atoms. The number of amidine groups is 3. The third-order valence-corrected chi connectivity index (χ3v) is 4.88. The molecule has 0 saturated heterocycles. The quantitative estimate of drug-likeness (QED) is 0.474. The molecule has 0 atom stereocenters. The maximum atomic E-state index is 11.9. The Kier molecular flexibility index (Phi) is 7.42. The Hall–Kier alpha value is -4.59. The molecule has 2 aromatic carbocycles. The van der Waals surface area contributed by atoms with E-state index in [9.17, 15) is 9.90 Å². The molecule has 35 heavy (non-hydrogen) atoms. The number of nitrogens with zero attached hydrogens (tertiary/aromatic N) is 4. The van der Waals surface area contributed by atoms with Gasteiger partial charge in [-0.2, -0.15) is 0 Å². The predicted octanol–water partition coefficient (Wildman–Crippen LogP) is 3.93. The van der Waals surface area contributed by atoms with Crippen LogP contribution < -0.4 is 5.11 Å². The Bertz CT molecular complexity index is 1300. The number of benzene rings is 2. The van der Waals surface area contributed by atoms with E-state index in [1.54, 1.807) is 62.4 Å². The number of aliphatic imine (C=N–C) groups is 4. The third kappa shape index (κ3) is 5.86. The van der Waals surface area contributed by atoms with Gasteiger partial charge in [-0.25, -0.2) is 24.8 Å². The normalized spacial score (nSPS) is 15.7. The van der Waals surface area contributed by atoms with Crippen LogP contribution in [0, 0.1) is 0 Å². The van der Waals surface area contributed by atoms with Gasteiger partial charge in [0.15, 0.2) is 17.5 Å². The zero-order valence-corrected chi connectivity index (χ0v) is 19.3. The number of hydrogen-bond donors (Lipinski definition) is 0. The van der Waals surface area contributed by atoms with Crippen molar-refractivity contribution in [2.75, 3.05) is 13.2 Å². The van der Waals surface area contributed by atoms with Crippen LogP contribution in [0.4, 0.5) is 5.69 Å². The van der Waals surface area contributed by atoms with E-state index in [0.29, 0.717) is 53.3 Å². The lowest BCUT2D eigenvalue weighted by atomic mass is 10.1. The highest BCUT2D eigenvalue weighted by Crippen LogP contribution is 2.19. The fraction of sp³-hybridized carbons (Fsp3) is 0.148. The molecule has 0 N–H and O–H groups in total. The molecule has 0 spiro atoms. The van der Waals surface area contributed by atoms with Crippen molar-refractivity contribution in [2.24, 2.45) is 20.0 Å². The van der Waals surface area contributed by atoms with Crippen LogP contribution in [0.2, 0.25) is 0 Å². The Morgan fingerprint density at radius 1 is 0.857 bits per heavy atom. The van der Waals surface area contributed by atoms with Crippen molar-refractivity contribution in [3.63, 3.8) is 0 Å². The number of esters is 1. The van der Waals surface area contributed by atoms with Gasteiger partial charge in [0.25, 0.3) is 0 Å². The van der Waals surface area contributed by atoms with E-state index in [0.717, 1.165) is 5.56 Å². The van der Waals surface area contributed by atoms with Gasteiger partial charge in [0.05, 0.1) is 29.5 Å². The Balaban J connectivity index is 1.65. The van der Waals surface area contributed by atoms with Gasteiger partial charge in [0.1, 0.15) is 0 Å². The summed E-state index contributed by atoms with van der Waals surface area (Å²) in [4.78, 5) is 30.3. The molecule has 2 aromatic rings. The molecule has 8 heteroatoms. The third-order valence-electron chi connectivity index (χ3n) is 4.88. The highest BCUT2D eigenvalue weighted by Gasteiger charge is 2.20. The van der Waals surface area contributed by atoms with Crippen LogP contribution in [0.3, 0.4) is 0 Å². The summed E-state index contributed by atoms with van der Waals surface area (Å²) in [5.74, 6) is 0.389. The van der Waals surface area contributed by atoms with Gasteiger partial charge in [0.2, 0.25) is 0 Å². The van der Waals surface area contributed by atoms with E-state index in [4.69, 9.17) is 9.47 Å². The summed E-state index contributed by atoms with van der Waals surface area (Å²) in [7, 11) is 0. The smallest absolute Gasteiger partial charge is 0.338 e. The largest absolute Gasteiger partial charge is 0.613 e. The second kappa shape index (κ2) is 11.0. The number of hydrogen-bond acceptors (Lipinski definition) is 7. The van der Waals surface area contributed by atoms with E-state index < -0.39 is 0 Å². The molecule has 2 aliphatic rings. The van der Waals surface area contributed by atoms with E-state index in [1.807, 2.05) is 30.3 Å². The van der Waals surface area contributed by atoms with Gasteiger partial charge in [-0.3, -0.25) is 0 Å². The lowest BCUT2D eigenvalue weighted by Crippen LogP contribution is -2.12. The van der Waals surface area contributed by atoms with Gasteiger partial charge in [-0.05, 0) is 55.5 Å². The van der Waals surface area contributed by atoms with Crippen molar-refractivity contribution in [1.29, 1.82) is 0 Å². The zero-order valence-electron chi connectivity index (χ0n) is 19.3. The molecule has 0 radical (unpaired) electrons. The summed E-state index contributed by atoms with van der Waals surface area (Å²) in [5.41, 5.74) is 2.89. The maximum absolute atomic E-state index is 11.9. The van der Waals surface area contributed by atoms with Crippen LogP contribution >= 0.6 is 0 Å². The molecule has 0 fully saturated rings. The van der Waals surface area contributed by atoms with Crippen molar-refractivity contribution < 1.29 is 19.4 Å². The molecule has 0 amide bonds. The average Bonchev–Trinajstić information content (AvgIpc) is 3.27. The van der Waals surface area contributed by atoms with Gasteiger partial charge in [-0.15, -0.1) is 0 Å². The summed E-state index contributed by atoms with van der Waals surface area (Å²) in [6, 6.07) is 16.3. The number of ether oxygens (including phenoxy) is 2. The second-order valence-electron chi connectivity index (χ2n) is 7.32. The average molecular weight is 468 g/mol. The van der Waals surface area contributed by atoms with Crippen molar-refractivity contribution in [2.45, 2.75) is 13.8 Å². The minimum Gasteiger partial charge on any atom is -0.613 e. The lowest BCUT2D eigenvalue weighted by molar-refractivity contribution is -0.357. The van der Waals surface area contributed by atoms with E-state index >= 15 is 0 Å². The highest BCUT2D eigenvalue weighted by molar-refractivity contribution is 6.50. The topological polar surface area (TPSA) is 108 Å². The van der Waals surface area contributed by atoms with Crippen LogP contribution in [-0.4, -0.2) is 42.4 Å².